The van der Waals surface area contributed by atoms with Crippen LogP contribution < -0.4 is 9.47 Å². The van der Waals surface area contributed by atoms with Gasteiger partial charge in [0.2, 0.25) is 0 Å². The summed E-state index contributed by atoms with van der Waals surface area (Å²) in [6.07, 6.45) is 9.04. The SMILES string of the molecule is CCC(=O)c1ccc(OC)cc1.COc1ccc(-c2ncc(C3=CC=C(C)CC3)[nH]2)cc1. The number of H-pyrrole nitrogens is 1. The second-order valence-electron chi connectivity index (χ2n) is 7.58. The van der Waals surface area contributed by atoms with Gasteiger partial charge in [0.05, 0.1) is 26.1 Å². The van der Waals surface area contributed by atoms with Gasteiger partial charge in [0.15, 0.2) is 5.78 Å². The van der Waals surface area contributed by atoms with Crippen LogP contribution in [0.4, 0.5) is 0 Å². The van der Waals surface area contributed by atoms with Crippen molar-refractivity contribution < 1.29 is 14.3 Å². The van der Waals surface area contributed by atoms with E-state index in [1.165, 1.54) is 11.1 Å². The van der Waals surface area contributed by atoms with E-state index in [0.717, 1.165) is 47.0 Å². The number of aromatic amines is 1. The number of nitrogens with zero attached hydrogens (tertiary/aromatic N) is 1. The highest BCUT2D eigenvalue weighted by Crippen LogP contribution is 2.27. The number of Topliss-reactive ketones (excluding diaryl/α,β-unsaturated/α-hetero) is 1. The number of ketones is 1. The zero-order valence-corrected chi connectivity index (χ0v) is 19.1. The van der Waals surface area contributed by atoms with Gasteiger partial charge in [0.1, 0.15) is 17.3 Å². The Morgan fingerprint density at radius 1 is 0.938 bits per heavy atom. The Labute approximate surface area is 189 Å². The summed E-state index contributed by atoms with van der Waals surface area (Å²) in [5.41, 5.74) is 5.68. The molecule has 0 amide bonds. The topological polar surface area (TPSA) is 64.2 Å². The second-order valence-corrected chi connectivity index (χ2v) is 7.58. The minimum Gasteiger partial charge on any atom is -0.497 e. The van der Waals surface area contributed by atoms with Gasteiger partial charge in [-0.25, -0.2) is 4.98 Å². The van der Waals surface area contributed by atoms with E-state index in [2.05, 4.69) is 29.0 Å². The van der Waals surface area contributed by atoms with Crippen LogP contribution in [0.5, 0.6) is 11.5 Å². The zero-order chi connectivity index (χ0) is 22.9. The van der Waals surface area contributed by atoms with Crippen molar-refractivity contribution in [3.8, 4) is 22.9 Å². The highest BCUT2D eigenvalue weighted by Gasteiger charge is 2.10. The summed E-state index contributed by atoms with van der Waals surface area (Å²) in [7, 11) is 3.28. The molecule has 0 fully saturated rings. The number of rotatable bonds is 6. The van der Waals surface area contributed by atoms with E-state index in [4.69, 9.17) is 9.47 Å². The average molecular weight is 431 g/mol. The van der Waals surface area contributed by atoms with Crippen LogP contribution in [0, 0.1) is 0 Å². The first kappa shape index (κ1) is 23.1. The van der Waals surface area contributed by atoms with Crippen LogP contribution in [-0.4, -0.2) is 30.0 Å². The van der Waals surface area contributed by atoms with Crippen LogP contribution in [-0.2, 0) is 0 Å². The molecule has 1 aromatic heterocycles. The predicted molar refractivity (Wildman–Crippen MR) is 129 cm³/mol. The molecule has 5 nitrogen and oxygen atoms in total. The number of imidazole rings is 1. The first-order valence-electron chi connectivity index (χ1n) is 10.8. The molecule has 0 unspecified atom stereocenters. The minimum atomic E-state index is 0.164. The van der Waals surface area contributed by atoms with Crippen molar-refractivity contribution >= 4 is 11.4 Å². The molecule has 0 saturated heterocycles. The van der Waals surface area contributed by atoms with E-state index in [1.54, 1.807) is 38.5 Å². The highest BCUT2D eigenvalue weighted by atomic mass is 16.5. The Morgan fingerprint density at radius 2 is 1.56 bits per heavy atom. The largest absolute Gasteiger partial charge is 0.497 e. The standard InChI is InChI=1S/C17H18N2O.C10H12O2/c1-12-3-5-13(6-4-12)16-11-18-17(19-16)14-7-9-15(20-2)10-8-14;1-3-10(11)8-4-6-9(12-2)7-5-8/h3,5,7-11H,4,6H2,1-2H3,(H,18,19);4-7H,3H2,1-2H3. The third kappa shape index (κ3) is 5.97. The lowest BCUT2D eigenvalue weighted by atomic mass is 9.98. The van der Waals surface area contributed by atoms with Crippen LogP contribution in [0.1, 0.15) is 49.2 Å². The fourth-order valence-corrected chi connectivity index (χ4v) is 3.33. The molecular formula is C27H30N2O3. The molecule has 1 aliphatic rings. The Bertz CT molecular complexity index is 1090. The second kappa shape index (κ2) is 11.1. The van der Waals surface area contributed by atoms with Gasteiger partial charge in [-0.15, -0.1) is 0 Å². The summed E-state index contributed by atoms with van der Waals surface area (Å²) in [6.45, 7) is 4.02. The van der Waals surface area contributed by atoms with Gasteiger partial charge in [0, 0.05) is 17.5 Å². The summed E-state index contributed by atoms with van der Waals surface area (Å²) in [5.74, 6) is 2.70. The number of allylic oxidation sites excluding steroid dienone is 4. The monoisotopic (exact) mass is 430 g/mol. The molecule has 2 aromatic carbocycles. The first-order valence-corrected chi connectivity index (χ1v) is 10.8. The number of carbonyl (C=O) groups excluding carboxylic acids is 1. The molecule has 0 spiro atoms. The third-order valence-corrected chi connectivity index (χ3v) is 5.38. The van der Waals surface area contributed by atoms with Crippen molar-refractivity contribution in [3.05, 3.63) is 83.7 Å². The maximum atomic E-state index is 11.2. The third-order valence-electron chi connectivity index (χ3n) is 5.38. The summed E-state index contributed by atoms with van der Waals surface area (Å²) >= 11 is 0. The molecular weight excluding hydrogens is 400 g/mol. The van der Waals surface area contributed by atoms with Gasteiger partial charge in [-0.3, -0.25) is 4.79 Å². The Morgan fingerprint density at radius 3 is 2.09 bits per heavy atom. The summed E-state index contributed by atoms with van der Waals surface area (Å²) < 4.78 is 10.1. The van der Waals surface area contributed by atoms with Crippen molar-refractivity contribution in [2.75, 3.05) is 14.2 Å². The van der Waals surface area contributed by atoms with Crippen molar-refractivity contribution in [1.29, 1.82) is 0 Å². The smallest absolute Gasteiger partial charge is 0.162 e. The molecule has 0 bridgehead atoms. The van der Waals surface area contributed by atoms with E-state index in [0.29, 0.717) is 6.42 Å². The molecule has 1 heterocycles. The number of carbonyl (C=O) groups is 1. The predicted octanol–water partition coefficient (Wildman–Crippen LogP) is 6.50. The Kier molecular flexibility index (Phi) is 8.03. The molecule has 0 aliphatic heterocycles. The fraction of sp³-hybridized carbons (Fsp3) is 0.259. The van der Waals surface area contributed by atoms with Crippen molar-refractivity contribution in [2.45, 2.75) is 33.1 Å². The van der Waals surface area contributed by atoms with Gasteiger partial charge in [-0.2, -0.15) is 0 Å². The number of benzene rings is 2. The molecule has 0 saturated carbocycles. The number of hydrogen-bond acceptors (Lipinski definition) is 4. The molecule has 166 valence electrons. The Hall–Kier alpha value is -3.60. The van der Waals surface area contributed by atoms with E-state index >= 15 is 0 Å². The zero-order valence-electron chi connectivity index (χ0n) is 19.1. The highest BCUT2D eigenvalue weighted by molar-refractivity contribution is 5.95. The van der Waals surface area contributed by atoms with Crippen molar-refractivity contribution in [1.82, 2.24) is 9.97 Å². The van der Waals surface area contributed by atoms with Gasteiger partial charge in [-0.1, -0.05) is 24.6 Å². The van der Waals surface area contributed by atoms with Gasteiger partial charge >= 0.3 is 0 Å². The van der Waals surface area contributed by atoms with E-state index < -0.39 is 0 Å². The maximum Gasteiger partial charge on any atom is 0.162 e. The molecule has 32 heavy (non-hydrogen) atoms. The van der Waals surface area contributed by atoms with Crippen LogP contribution in [0.25, 0.3) is 17.0 Å². The molecule has 5 heteroatoms. The van der Waals surface area contributed by atoms with E-state index in [-0.39, 0.29) is 5.78 Å². The van der Waals surface area contributed by atoms with Crippen LogP contribution in [0.15, 0.2) is 72.5 Å². The number of methoxy groups -OCH3 is 2. The summed E-state index contributed by atoms with van der Waals surface area (Å²) in [4.78, 5) is 19.1. The van der Waals surface area contributed by atoms with Crippen LogP contribution >= 0.6 is 0 Å². The average Bonchev–Trinajstić information content (AvgIpc) is 3.35. The molecule has 1 N–H and O–H groups in total. The molecule has 0 atom stereocenters. The first-order chi connectivity index (χ1) is 15.5. The number of hydrogen-bond donors (Lipinski definition) is 1. The number of aromatic nitrogens is 2. The quantitative estimate of drug-likeness (QED) is 0.454. The lowest BCUT2D eigenvalue weighted by Crippen LogP contribution is -1.95. The molecule has 3 aromatic rings. The van der Waals surface area contributed by atoms with Crippen molar-refractivity contribution in [2.24, 2.45) is 0 Å². The summed E-state index contributed by atoms with van der Waals surface area (Å²) in [5, 5.41) is 0. The van der Waals surface area contributed by atoms with Crippen LogP contribution in [0.3, 0.4) is 0 Å². The molecule has 0 radical (unpaired) electrons. The lowest BCUT2D eigenvalue weighted by molar-refractivity contribution is 0.0988. The van der Waals surface area contributed by atoms with Crippen molar-refractivity contribution in [3.63, 3.8) is 0 Å². The van der Waals surface area contributed by atoms with Crippen LogP contribution in [0.2, 0.25) is 0 Å². The maximum absolute atomic E-state index is 11.2. The van der Waals surface area contributed by atoms with E-state index in [1.807, 2.05) is 37.4 Å². The van der Waals surface area contributed by atoms with Gasteiger partial charge in [-0.05, 0) is 73.9 Å². The fourth-order valence-electron chi connectivity index (χ4n) is 3.33. The summed E-state index contributed by atoms with van der Waals surface area (Å²) in [6, 6.07) is 15.1. The molecule has 1 aliphatic carbocycles. The number of nitrogens with one attached hydrogen (secondary N) is 1. The van der Waals surface area contributed by atoms with E-state index in [9.17, 15) is 4.79 Å². The van der Waals surface area contributed by atoms with Gasteiger partial charge in [0.25, 0.3) is 0 Å². The normalized spacial score (nSPS) is 12.8. The van der Waals surface area contributed by atoms with Gasteiger partial charge < -0.3 is 14.5 Å². The minimum absolute atomic E-state index is 0.164. The lowest BCUT2D eigenvalue weighted by Gasteiger charge is -2.10. The molecule has 4 rings (SSSR count). The number of ether oxygens (including phenoxy) is 2. The Balaban J connectivity index is 0.000000207.